The first-order chi connectivity index (χ1) is 8.90. The molecule has 0 amide bonds. The Morgan fingerprint density at radius 1 is 1.28 bits per heavy atom. The van der Waals surface area contributed by atoms with Crippen molar-refractivity contribution in [2.45, 2.75) is 12.8 Å². The minimum absolute atomic E-state index is 0.291. The summed E-state index contributed by atoms with van der Waals surface area (Å²) in [4.78, 5) is 2.42. The normalized spacial score (nSPS) is 16.9. The van der Waals surface area contributed by atoms with Gasteiger partial charge in [0.1, 0.15) is 5.75 Å². The summed E-state index contributed by atoms with van der Waals surface area (Å²) >= 11 is 0. The van der Waals surface area contributed by atoms with Gasteiger partial charge < -0.3 is 9.26 Å². The lowest BCUT2D eigenvalue weighted by atomic mass is 10.1. The van der Waals surface area contributed by atoms with Crippen LogP contribution in [0.15, 0.2) is 24.3 Å². The van der Waals surface area contributed by atoms with Crippen molar-refractivity contribution in [3.8, 4) is 5.75 Å². The van der Waals surface area contributed by atoms with Gasteiger partial charge in [-0.2, -0.15) is 0 Å². The van der Waals surface area contributed by atoms with E-state index in [4.69, 9.17) is 9.26 Å². The quantitative estimate of drug-likeness (QED) is 0.742. The van der Waals surface area contributed by atoms with Crippen LogP contribution >= 0.6 is 8.69 Å². The monoisotopic (exact) mass is 267 g/mol. The lowest BCUT2D eigenvalue weighted by Crippen LogP contribution is -2.36. The Bertz CT molecular complexity index is 380. The second-order valence-electron chi connectivity index (χ2n) is 4.33. The predicted molar refractivity (Wildman–Crippen MR) is 70.3 cm³/mol. The van der Waals surface area contributed by atoms with Gasteiger partial charge in [-0.3, -0.25) is 4.90 Å². The molecule has 2 rings (SSSR count). The number of nitrogens with zero attached hydrogens (tertiary/aromatic N) is 1. The molecular weight excluding hydrogens is 249 g/mol. The maximum Gasteiger partial charge on any atom is 0.395 e. The Kier molecular flexibility index (Phi) is 5.59. The van der Waals surface area contributed by atoms with E-state index in [0.29, 0.717) is 0 Å². The first-order valence-electron chi connectivity index (χ1n) is 6.28. The van der Waals surface area contributed by atoms with Crippen molar-refractivity contribution in [1.82, 2.24) is 4.90 Å². The Labute approximate surface area is 109 Å². The van der Waals surface area contributed by atoms with Crippen molar-refractivity contribution in [3.05, 3.63) is 29.8 Å². The highest BCUT2D eigenvalue weighted by Crippen LogP contribution is 2.22. The average molecular weight is 267 g/mol. The molecule has 0 aliphatic carbocycles. The summed E-state index contributed by atoms with van der Waals surface area (Å²) in [6.45, 7) is 4.81. The molecular formula is C13H18NO3P. The molecule has 1 saturated heterocycles. The maximum absolute atomic E-state index is 10.5. The van der Waals surface area contributed by atoms with Gasteiger partial charge in [0.05, 0.1) is 13.2 Å². The number of rotatable bonds is 6. The standard InChI is InChI=1S/C13H18NO3P/c15-18-17-13-6-2-1-4-12(13)5-3-7-14-8-10-16-11-9-14/h1-2,4,6H,3,5,7-11H2. The van der Waals surface area contributed by atoms with Crippen molar-refractivity contribution in [2.75, 3.05) is 32.8 Å². The van der Waals surface area contributed by atoms with Crippen molar-refractivity contribution in [3.63, 3.8) is 0 Å². The molecule has 0 radical (unpaired) electrons. The first kappa shape index (κ1) is 13.5. The van der Waals surface area contributed by atoms with Gasteiger partial charge in [0, 0.05) is 13.1 Å². The molecule has 1 fully saturated rings. The number of hydrogen-bond donors (Lipinski definition) is 0. The minimum atomic E-state index is -0.291. The highest BCUT2D eigenvalue weighted by molar-refractivity contribution is 7.17. The lowest BCUT2D eigenvalue weighted by molar-refractivity contribution is 0.0374. The molecule has 1 aliphatic heterocycles. The average Bonchev–Trinajstić information content (AvgIpc) is 2.42. The van der Waals surface area contributed by atoms with Crippen LogP contribution in [0.1, 0.15) is 12.0 Å². The van der Waals surface area contributed by atoms with Crippen LogP contribution in [0.25, 0.3) is 0 Å². The van der Waals surface area contributed by atoms with E-state index >= 15 is 0 Å². The van der Waals surface area contributed by atoms with Crippen LogP contribution in [0.5, 0.6) is 5.75 Å². The largest absolute Gasteiger partial charge is 0.407 e. The highest BCUT2D eigenvalue weighted by Gasteiger charge is 2.10. The number of morpholine rings is 1. The molecule has 0 bridgehead atoms. The second-order valence-corrected chi connectivity index (χ2v) is 4.66. The van der Waals surface area contributed by atoms with E-state index in [2.05, 4.69) is 4.90 Å². The maximum atomic E-state index is 10.5. The topological polar surface area (TPSA) is 38.8 Å². The van der Waals surface area contributed by atoms with Crippen molar-refractivity contribution >= 4 is 8.69 Å². The molecule has 0 aromatic heterocycles. The minimum Gasteiger partial charge on any atom is -0.407 e. The summed E-state index contributed by atoms with van der Waals surface area (Å²) in [6, 6.07) is 7.76. The van der Waals surface area contributed by atoms with Crippen LogP contribution < -0.4 is 4.52 Å². The summed E-state index contributed by atoms with van der Waals surface area (Å²) in [7, 11) is -0.291. The second kappa shape index (κ2) is 7.47. The van der Waals surface area contributed by atoms with E-state index in [1.165, 1.54) is 0 Å². The molecule has 4 nitrogen and oxygen atoms in total. The van der Waals surface area contributed by atoms with Crippen LogP contribution in [-0.4, -0.2) is 37.7 Å². The molecule has 1 aromatic carbocycles. The van der Waals surface area contributed by atoms with Gasteiger partial charge in [0.15, 0.2) is 0 Å². The molecule has 18 heavy (non-hydrogen) atoms. The zero-order chi connectivity index (χ0) is 12.6. The predicted octanol–water partition coefficient (Wildman–Crippen LogP) is 2.54. The number of para-hydroxylation sites is 1. The number of benzene rings is 1. The van der Waals surface area contributed by atoms with Gasteiger partial charge in [-0.05, 0) is 31.0 Å². The zero-order valence-electron chi connectivity index (χ0n) is 10.4. The summed E-state index contributed by atoms with van der Waals surface area (Å²) < 4.78 is 20.9. The Hall–Kier alpha value is -0.960. The van der Waals surface area contributed by atoms with Gasteiger partial charge in [0.25, 0.3) is 0 Å². The van der Waals surface area contributed by atoms with Gasteiger partial charge >= 0.3 is 8.69 Å². The lowest BCUT2D eigenvalue weighted by Gasteiger charge is -2.26. The van der Waals surface area contributed by atoms with Crippen LogP contribution in [0.4, 0.5) is 0 Å². The fourth-order valence-electron chi connectivity index (χ4n) is 2.16. The summed E-state index contributed by atoms with van der Waals surface area (Å²) in [6.07, 6.45) is 2.03. The Morgan fingerprint density at radius 3 is 2.83 bits per heavy atom. The Balaban J connectivity index is 1.80. The zero-order valence-corrected chi connectivity index (χ0v) is 11.3. The van der Waals surface area contributed by atoms with Crippen molar-refractivity contribution in [2.24, 2.45) is 0 Å². The van der Waals surface area contributed by atoms with E-state index in [-0.39, 0.29) is 8.69 Å². The fourth-order valence-corrected chi connectivity index (χ4v) is 2.42. The first-order valence-corrected chi connectivity index (χ1v) is 7.01. The van der Waals surface area contributed by atoms with E-state index < -0.39 is 0 Å². The van der Waals surface area contributed by atoms with Crippen LogP contribution in [0.2, 0.25) is 0 Å². The van der Waals surface area contributed by atoms with E-state index in [0.717, 1.165) is 57.0 Å². The van der Waals surface area contributed by atoms with Gasteiger partial charge in [0.2, 0.25) is 0 Å². The number of hydrogen-bond acceptors (Lipinski definition) is 4. The molecule has 98 valence electrons. The third-order valence-corrected chi connectivity index (χ3v) is 3.40. The van der Waals surface area contributed by atoms with Crippen LogP contribution in [0.3, 0.4) is 0 Å². The third kappa shape index (κ3) is 4.05. The van der Waals surface area contributed by atoms with E-state index in [9.17, 15) is 4.57 Å². The number of ether oxygens (including phenoxy) is 1. The van der Waals surface area contributed by atoms with Crippen LogP contribution in [-0.2, 0) is 15.7 Å². The van der Waals surface area contributed by atoms with E-state index in [1.54, 1.807) is 0 Å². The summed E-state index contributed by atoms with van der Waals surface area (Å²) in [5.74, 6) is 0.719. The van der Waals surface area contributed by atoms with Crippen molar-refractivity contribution < 1.29 is 13.8 Å². The van der Waals surface area contributed by atoms with Crippen molar-refractivity contribution in [1.29, 1.82) is 0 Å². The molecule has 5 heteroatoms. The molecule has 0 N–H and O–H groups in total. The molecule has 1 aliphatic rings. The fraction of sp³-hybridized carbons (Fsp3) is 0.538. The van der Waals surface area contributed by atoms with Gasteiger partial charge in [-0.15, -0.1) is 0 Å². The van der Waals surface area contributed by atoms with Gasteiger partial charge in [-0.25, -0.2) is 4.57 Å². The molecule has 0 spiro atoms. The number of aryl methyl sites for hydroxylation is 1. The molecule has 1 heterocycles. The molecule has 0 atom stereocenters. The third-order valence-electron chi connectivity index (χ3n) is 3.13. The summed E-state index contributed by atoms with van der Waals surface area (Å²) in [5.41, 5.74) is 1.12. The van der Waals surface area contributed by atoms with Gasteiger partial charge in [-0.1, -0.05) is 18.2 Å². The van der Waals surface area contributed by atoms with E-state index in [1.807, 2.05) is 24.3 Å². The molecule has 0 unspecified atom stereocenters. The smallest absolute Gasteiger partial charge is 0.395 e. The molecule has 0 saturated carbocycles. The highest BCUT2D eigenvalue weighted by atomic mass is 31.1. The molecule has 1 aromatic rings. The SMILES string of the molecule is O=POc1ccccc1CCCN1CCOCC1. The Morgan fingerprint density at radius 2 is 2.06 bits per heavy atom. The summed E-state index contributed by atoms with van der Waals surface area (Å²) in [5, 5.41) is 0. The van der Waals surface area contributed by atoms with Crippen LogP contribution in [0, 0.1) is 0 Å².